The highest BCUT2D eigenvalue weighted by molar-refractivity contribution is 5.73. The predicted molar refractivity (Wildman–Crippen MR) is 55.2 cm³/mol. The lowest BCUT2D eigenvalue weighted by Crippen LogP contribution is -2.60. The van der Waals surface area contributed by atoms with E-state index in [2.05, 4.69) is 0 Å². The third-order valence-corrected chi connectivity index (χ3v) is 2.59. The molecule has 0 amide bonds. The van der Waals surface area contributed by atoms with Gasteiger partial charge in [-0.2, -0.15) is 0 Å². The fourth-order valence-corrected chi connectivity index (χ4v) is 1.53. The van der Waals surface area contributed by atoms with E-state index in [9.17, 15) is 20.1 Å². The third-order valence-electron chi connectivity index (χ3n) is 2.59. The first-order valence-corrected chi connectivity index (χ1v) is 5.53. The quantitative estimate of drug-likeness (QED) is 0.448. The van der Waals surface area contributed by atoms with E-state index < -0.39 is 36.7 Å². The number of hydrogen-bond acceptors (Lipinski definition) is 6. The minimum atomic E-state index is -1.67. The van der Waals surface area contributed by atoms with Crippen molar-refractivity contribution in [3.63, 3.8) is 0 Å². The number of carboxylic acids is 1. The van der Waals surface area contributed by atoms with Crippen molar-refractivity contribution in [2.75, 3.05) is 6.61 Å². The molecule has 17 heavy (non-hydrogen) atoms. The molecule has 100 valence electrons. The summed E-state index contributed by atoms with van der Waals surface area (Å²) >= 11 is 0. The second-order valence-corrected chi connectivity index (χ2v) is 3.96. The lowest BCUT2D eigenvalue weighted by molar-refractivity contribution is -0.294. The molecule has 0 aromatic heterocycles. The molecule has 0 saturated carbocycles. The minimum absolute atomic E-state index is 0.285. The van der Waals surface area contributed by atoms with Gasteiger partial charge in [-0.05, 0) is 6.42 Å². The molecular formula is C10H18O7. The van der Waals surface area contributed by atoms with Crippen LogP contribution in [0.2, 0.25) is 0 Å². The summed E-state index contributed by atoms with van der Waals surface area (Å²) in [5, 5.41) is 37.2. The first-order chi connectivity index (χ1) is 7.99. The molecule has 1 rings (SSSR count). The Balaban J connectivity index is 2.61. The molecule has 0 radical (unpaired) electrons. The van der Waals surface area contributed by atoms with Crippen molar-refractivity contribution in [3.8, 4) is 0 Å². The Hall–Kier alpha value is -0.730. The number of carboxylic acid groups (broad SMARTS) is 1. The summed E-state index contributed by atoms with van der Waals surface area (Å²) in [6, 6.07) is 0. The van der Waals surface area contributed by atoms with Gasteiger partial charge in [0.25, 0.3) is 0 Å². The van der Waals surface area contributed by atoms with E-state index in [-0.39, 0.29) is 6.61 Å². The fraction of sp³-hybridized carbons (Fsp3) is 0.900. The van der Waals surface area contributed by atoms with Crippen molar-refractivity contribution < 1.29 is 34.7 Å². The van der Waals surface area contributed by atoms with Crippen molar-refractivity contribution >= 4 is 5.97 Å². The number of ether oxygens (including phenoxy) is 2. The maximum Gasteiger partial charge on any atom is 0.335 e. The second kappa shape index (κ2) is 6.27. The van der Waals surface area contributed by atoms with E-state index in [0.29, 0.717) is 0 Å². The van der Waals surface area contributed by atoms with Crippen LogP contribution in [0, 0.1) is 0 Å². The molecule has 0 spiro atoms. The Morgan fingerprint density at radius 1 is 1.24 bits per heavy atom. The zero-order chi connectivity index (χ0) is 13.0. The molecule has 0 aliphatic carbocycles. The molecule has 1 aliphatic rings. The monoisotopic (exact) mass is 250 g/mol. The molecule has 1 saturated heterocycles. The van der Waals surface area contributed by atoms with Gasteiger partial charge in [-0.1, -0.05) is 13.3 Å². The molecule has 4 N–H and O–H groups in total. The van der Waals surface area contributed by atoms with Gasteiger partial charge >= 0.3 is 5.97 Å². The summed E-state index contributed by atoms with van der Waals surface area (Å²) in [4.78, 5) is 10.8. The lowest BCUT2D eigenvalue weighted by atomic mass is 9.99. The molecule has 7 heteroatoms. The maximum atomic E-state index is 10.8. The summed E-state index contributed by atoms with van der Waals surface area (Å²) in [6.07, 6.45) is -5.97. The molecule has 0 aromatic rings. The predicted octanol–water partition coefficient (Wildman–Crippen LogP) is -1.30. The van der Waals surface area contributed by atoms with Crippen LogP contribution in [0.4, 0.5) is 0 Å². The Morgan fingerprint density at radius 2 is 1.88 bits per heavy atom. The zero-order valence-corrected chi connectivity index (χ0v) is 9.52. The van der Waals surface area contributed by atoms with Crippen molar-refractivity contribution in [2.24, 2.45) is 0 Å². The molecular weight excluding hydrogens is 232 g/mol. The van der Waals surface area contributed by atoms with Crippen LogP contribution < -0.4 is 0 Å². The molecule has 1 fully saturated rings. The number of aliphatic carboxylic acids is 1. The third kappa shape index (κ3) is 3.36. The average molecular weight is 250 g/mol. The van der Waals surface area contributed by atoms with Crippen LogP contribution in [0.15, 0.2) is 0 Å². The zero-order valence-electron chi connectivity index (χ0n) is 9.52. The molecule has 1 aliphatic heterocycles. The van der Waals surface area contributed by atoms with Crippen LogP contribution in [0.1, 0.15) is 19.8 Å². The van der Waals surface area contributed by atoms with Gasteiger partial charge in [0.05, 0.1) is 0 Å². The summed E-state index contributed by atoms with van der Waals surface area (Å²) in [5.74, 6) is -1.41. The second-order valence-electron chi connectivity index (χ2n) is 3.96. The van der Waals surface area contributed by atoms with E-state index in [0.717, 1.165) is 12.8 Å². The largest absolute Gasteiger partial charge is 0.479 e. The molecule has 1 unspecified atom stereocenters. The van der Waals surface area contributed by atoms with Gasteiger partial charge in [-0.3, -0.25) is 0 Å². The first-order valence-electron chi connectivity index (χ1n) is 5.53. The number of aliphatic hydroxyl groups excluding tert-OH is 3. The highest BCUT2D eigenvalue weighted by atomic mass is 16.7. The summed E-state index contributed by atoms with van der Waals surface area (Å²) < 4.78 is 10.0. The van der Waals surface area contributed by atoms with Crippen LogP contribution in [0.3, 0.4) is 0 Å². The number of unbranched alkanes of at least 4 members (excludes halogenated alkanes) is 1. The van der Waals surface area contributed by atoms with Crippen LogP contribution in [0.25, 0.3) is 0 Å². The normalized spacial score (nSPS) is 38.0. The van der Waals surface area contributed by atoms with Gasteiger partial charge in [0.1, 0.15) is 18.3 Å². The molecule has 5 atom stereocenters. The summed E-state index contributed by atoms with van der Waals surface area (Å²) in [6.45, 7) is 2.23. The Kier molecular flexibility index (Phi) is 5.29. The van der Waals surface area contributed by atoms with E-state index in [4.69, 9.17) is 14.6 Å². The van der Waals surface area contributed by atoms with Crippen molar-refractivity contribution in [2.45, 2.75) is 50.5 Å². The Morgan fingerprint density at radius 3 is 2.41 bits per heavy atom. The van der Waals surface area contributed by atoms with Gasteiger partial charge < -0.3 is 29.9 Å². The highest BCUT2D eigenvalue weighted by Gasteiger charge is 2.47. The van der Waals surface area contributed by atoms with Crippen molar-refractivity contribution in [1.82, 2.24) is 0 Å². The number of hydrogen-bond donors (Lipinski definition) is 4. The van der Waals surface area contributed by atoms with Crippen LogP contribution >= 0.6 is 0 Å². The van der Waals surface area contributed by atoms with E-state index >= 15 is 0 Å². The van der Waals surface area contributed by atoms with Crippen molar-refractivity contribution in [1.29, 1.82) is 0 Å². The summed E-state index contributed by atoms with van der Waals surface area (Å²) in [7, 11) is 0. The van der Waals surface area contributed by atoms with E-state index in [1.165, 1.54) is 0 Å². The highest BCUT2D eigenvalue weighted by Crippen LogP contribution is 2.22. The average Bonchev–Trinajstić information content (AvgIpc) is 2.29. The van der Waals surface area contributed by atoms with Crippen LogP contribution in [-0.4, -0.2) is 63.7 Å². The molecule has 7 nitrogen and oxygen atoms in total. The van der Waals surface area contributed by atoms with Gasteiger partial charge in [-0.15, -0.1) is 0 Å². The Bertz CT molecular complexity index is 257. The number of carbonyl (C=O) groups is 1. The number of aliphatic hydroxyl groups is 3. The fourth-order valence-electron chi connectivity index (χ4n) is 1.53. The van der Waals surface area contributed by atoms with Gasteiger partial charge in [0, 0.05) is 6.61 Å². The number of rotatable bonds is 5. The molecule has 0 bridgehead atoms. The van der Waals surface area contributed by atoms with Crippen LogP contribution in [-0.2, 0) is 14.3 Å². The van der Waals surface area contributed by atoms with Crippen molar-refractivity contribution in [3.05, 3.63) is 0 Å². The van der Waals surface area contributed by atoms with E-state index in [1.54, 1.807) is 0 Å². The molecule has 1 heterocycles. The topological polar surface area (TPSA) is 116 Å². The standard InChI is InChI=1S/C10H18O7/c1-2-3-4-16-10-7(13)5(11)6(12)8(17-10)9(14)15/h5-8,10-13H,2-4H2,1H3,(H,14,15)/t5-,6+,7+,8-,10?/m0/s1. The maximum absolute atomic E-state index is 10.8. The SMILES string of the molecule is CCCCOC1O[C@H](C(=O)O)[C@H](O)[C@H](O)[C@H]1O. The van der Waals surface area contributed by atoms with Gasteiger partial charge in [0.15, 0.2) is 12.4 Å². The van der Waals surface area contributed by atoms with Crippen LogP contribution in [0.5, 0.6) is 0 Å². The van der Waals surface area contributed by atoms with Gasteiger partial charge in [0.2, 0.25) is 0 Å². The Labute approximate surface area is 98.6 Å². The van der Waals surface area contributed by atoms with E-state index in [1.807, 2.05) is 6.92 Å². The smallest absolute Gasteiger partial charge is 0.335 e. The molecule has 0 aromatic carbocycles. The lowest BCUT2D eigenvalue weighted by Gasteiger charge is -2.38. The van der Waals surface area contributed by atoms with Gasteiger partial charge in [-0.25, -0.2) is 4.79 Å². The first kappa shape index (κ1) is 14.3. The minimum Gasteiger partial charge on any atom is -0.479 e. The summed E-state index contributed by atoms with van der Waals surface area (Å²) in [5.41, 5.74) is 0.